The van der Waals surface area contributed by atoms with Crippen molar-refractivity contribution in [1.82, 2.24) is 9.97 Å². The monoisotopic (exact) mass is 436 g/mol. The van der Waals surface area contributed by atoms with Crippen LogP contribution in [0.2, 0.25) is 0 Å². The molecule has 1 saturated heterocycles. The summed E-state index contributed by atoms with van der Waals surface area (Å²) in [4.78, 5) is 22.7. The van der Waals surface area contributed by atoms with E-state index >= 15 is 0 Å². The first kappa shape index (κ1) is 22.4. The molecule has 29 heavy (non-hydrogen) atoms. The van der Waals surface area contributed by atoms with E-state index in [-0.39, 0.29) is 24.3 Å². The van der Waals surface area contributed by atoms with Crippen LogP contribution in [0.3, 0.4) is 0 Å². The number of benzene rings is 1. The molecule has 9 nitrogen and oxygen atoms in total. The highest BCUT2D eigenvalue weighted by Gasteiger charge is 2.46. The first-order valence-electron chi connectivity index (χ1n) is 8.67. The van der Waals surface area contributed by atoms with Gasteiger partial charge in [0.1, 0.15) is 11.2 Å². The number of anilines is 4. The number of carbonyl (C=O) groups excluding carboxylic acids is 1. The van der Waals surface area contributed by atoms with Crippen LogP contribution in [-0.4, -0.2) is 37.1 Å². The molecule has 0 spiro atoms. The van der Waals surface area contributed by atoms with Crippen molar-refractivity contribution in [3.63, 3.8) is 0 Å². The molecular weight excluding hydrogens is 416 g/mol. The molecule has 11 heteroatoms. The third kappa shape index (κ3) is 4.93. The van der Waals surface area contributed by atoms with E-state index in [1.54, 1.807) is 30.3 Å². The SMILES string of the molecule is CC[C@]1(C#N)CCN(c2ccnc(Nc3cccc(NS(C)(=O)=O)c3)n2)C1=O.Cl. The van der Waals surface area contributed by atoms with Crippen LogP contribution in [-0.2, 0) is 14.8 Å². The van der Waals surface area contributed by atoms with Crippen molar-refractivity contribution < 1.29 is 13.2 Å². The van der Waals surface area contributed by atoms with Gasteiger partial charge in [0.05, 0.1) is 18.0 Å². The molecule has 0 unspecified atom stereocenters. The Balaban J connectivity index is 0.00000300. The maximum Gasteiger partial charge on any atom is 0.248 e. The minimum absolute atomic E-state index is 0. The largest absolute Gasteiger partial charge is 0.324 e. The fraction of sp³-hybridized carbons (Fsp3) is 0.333. The number of hydrogen-bond donors (Lipinski definition) is 2. The maximum atomic E-state index is 12.7. The van der Waals surface area contributed by atoms with Crippen LogP contribution in [0, 0.1) is 16.7 Å². The lowest BCUT2D eigenvalue weighted by Crippen LogP contribution is -2.33. The molecule has 1 atom stereocenters. The Bertz CT molecular complexity index is 1060. The Morgan fingerprint density at radius 2 is 2.03 bits per heavy atom. The highest BCUT2D eigenvalue weighted by molar-refractivity contribution is 7.92. The van der Waals surface area contributed by atoms with Crippen molar-refractivity contribution in [2.24, 2.45) is 5.41 Å². The fourth-order valence-corrected chi connectivity index (χ4v) is 3.62. The first-order valence-corrected chi connectivity index (χ1v) is 10.6. The third-order valence-corrected chi connectivity index (χ3v) is 5.18. The van der Waals surface area contributed by atoms with Gasteiger partial charge in [-0.3, -0.25) is 14.4 Å². The molecule has 154 valence electrons. The summed E-state index contributed by atoms with van der Waals surface area (Å²) in [6.07, 6.45) is 3.51. The molecule has 1 aromatic carbocycles. The van der Waals surface area contributed by atoms with Crippen LogP contribution < -0.4 is 14.9 Å². The molecule has 3 rings (SSSR count). The van der Waals surface area contributed by atoms with Crippen LogP contribution in [0.5, 0.6) is 0 Å². The Labute approximate surface area is 175 Å². The standard InChI is InChI=1S/C18H20N6O3S.ClH/c1-3-18(12-19)8-10-24(16(18)25)15-7-9-20-17(22-15)21-13-5-4-6-14(11-13)23-28(2,26)27;/h4-7,9,11,23H,3,8,10H2,1-2H3,(H,20,21,22);1H/t18-;/m1./s1. The first-order chi connectivity index (χ1) is 13.3. The molecule has 1 aromatic heterocycles. The number of nitrogens with one attached hydrogen (secondary N) is 2. The van der Waals surface area contributed by atoms with Gasteiger partial charge in [-0.2, -0.15) is 10.2 Å². The van der Waals surface area contributed by atoms with Crippen LogP contribution in [0.1, 0.15) is 19.8 Å². The van der Waals surface area contributed by atoms with Gasteiger partial charge in [0, 0.05) is 18.4 Å². The van der Waals surface area contributed by atoms with E-state index in [4.69, 9.17) is 0 Å². The number of carbonyl (C=O) groups is 1. The van der Waals surface area contributed by atoms with Crippen molar-refractivity contribution in [3.8, 4) is 6.07 Å². The molecule has 2 N–H and O–H groups in total. The zero-order valence-corrected chi connectivity index (χ0v) is 17.5. The number of hydrogen-bond acceptors (Lipinski definition) is 7. The van der Waals surface area contributed by atoms with E-state index in [2.05, 4.69) is 26.1 Å². The Morgan fingerprint density at radius 3 is 2.66 bits per heavy atom. The number of sulfonamides is 1. The summed E-state index contributed by atoms with van der Waals surface area (Å²) in [6.45, 7) is 2.25. The van der Waals surface area contributed by atoms with E-state index in [0.717, 1.165) is 6.26 Å². The number of nitrogens with zero attached hydrogens (tertiary/aromatic N) is 4. The van der Waals surface area contributed by atoms with E-state index < -0.39 is 15.4 Å². The molecule has 0 saturated carbocycles. The molecule has 1 aliphatic heterocycles. The lowest BCUT2D eigenvalue weighted by Gasteiger charge is -2.19. The average Bonchev–Trinajstić information content (AvgIpc) is 2.98. The normalized spacial score (nSPS) is 18.7. The van der Waals surface area contributed by atoms with Crippen molar-refractivity contribution in [3.05, 3.63) is 36.5 Å². The molecule has 0 radical (unpaired) electrons. The lowest BCUT2D eigenvalue weighted by atomic mass is 9.85. The highest BCUT2D eigenvalue weighted by atomic mass is 35.5. The molecule has 2 aromatic rings. The quantitative estimate of drug-likeness (QED) is 0.712. The Morgan fingerprint density at radius 1 is 1.31 bits per heavy atom. The zero-order valence-electron chi connectivity index (χ0n) is 15.9. The van der Waals surface area contributed by atoms with Gasteiger partial charge in [-0.05, 0) is 37.1 Å². The summed E-state index contributed by atoms with van der Waals surface area (Å²) >= 11 is 0. The van der Waals surface area contributed by atoms with Gasteiger partial charge in [-0.15, -0.1) is 12.4 Å². The van der Waals surface area contributed by atoms with Gasteiger partial charge in [0.15, 0.2) is 0 Å². The molecule has 0 aliphatic carbocycles. The average molecular weight is 437 g/mol. The summed E-state index contributed by atoms with van der Waals surface area (Å²) < 4.78 is 25.2. The lowest BCUT2D eigenvalue weighted by molar-refractivity contribution is -0.123. The Hall–Kier alpha value is -2.90. The molecule has 2 heterocycles. The van der Waals surface area contributed by atoms with Crippen LogP contribution in [0.15, 0.2) is 36.5 Å². The van der Waals surface area contributed by atoms with Gasteiger partial charge in [-0.25, -0.2) is 13.4 Å². The van der Waals surface area contributed by atoms with E-state index in [0.29, 0.717) is 36.6 Å². The number of rotatable bonds is 6. The van der Waals surface area contributed by atoms with Gasteiger partial charge >= 0.3 is 0 Å². The smallest absolute Gasteiger partial charge is 0.248 e. The van der Waals surface area contributed by atoms with Crippen LogP contribution in [0.4, 0.5) is 23.1 Å². The van der Waals surface area contributed by atoms with Gasteiger partial charge < -0.3 is 5.32 Å². The minimum Gasteiger partial charge on any atom is -0.324 e. The van der Waals surface area contributed by atoms with Crippen molar-refractivity contribution in [2.75, 3.05) is 27.7 Å². The van der Waals surface area contributed by atoms with Crippen molar-refractivity contribution in [1.29, 1.82) is 5.26 Å². The van der Waals surface area contributed by atoms with Gasteiger partial charge in [0.2, 0.25) is 21.9 Å². The Kier molecular flexibility index (Phi) is 6.66. The fourth-order valence-electron chi connectivity index (χ4n) is 3.06. The number of halogens is 1. The molecular formula is C18H21ClN6O3S. The number of aromatic nitrogens is 2. The minimum atomic E-state index is -3.39. The second-order valence-corrected chi connectivity index (χ2v) is 8.32. The second kappa shape index (κ2) is 8.63. The highest BCUT2D eigenvalue weighted by Crippen LogP contribution is 2.36. The topological polar surface area (TPSA) is 128 Å². The third-order valence-electron chi connectivity index (χ3n) is 4.57. The predicted octanol–water partition coefficient (Wildman–Crippen LogP) is 2.67. The molecule has 0 bridgehead atoms. The van der Waals surface area contributed by atoms with Crippen LogP contribution in [0.25, 0.3) is 0 Å². The summed E-state index contributed by atoms with van der Waals surface area (Å²) in [5.74, 6) is 0.424. The van der Waals surface area contributed by atoms with Gasteiger partial charge in [-0.1, -0.05) is 13.0 Å². The van der Waals surface area contributed by atoms with Crippen molar-refractivity contribution in [2.45, 2.75) is 19.8 Å². The van der Waals surface area contributed by atoms with Crippen LogP contribution >= 0.6 is 12.4 Å². The molecule has 1 aliphatic rings. The summed E-state index contributed by atoms with van der Waals surface area (Å²) in [6, 6.07) is 10.4. The molecule has 1 amide bonds. The summed E-state index contributed by atoms with van der Waals surface area (Å²) in [7, 11) is -3.39. The zero-order chi connectivity index (χ0) is 20.4. The van der Waals surface area contributed by atoms with E-state index in [1.807, 2.05) is 6.92 Å². The predicted molar refractivity (Wildman–Crippen MR) is 113 cm³/mol. The maximum absolute atomic E-state index is 12.7. The number of amides is 1. The second-order valence-electron chi connectivity index (χ2n) is 6.57. The summed E-state index contributed by atoms with van der Waals surface area (Å²) in [5.41, 5.74) is -0.0110. The van der Waals surface area contributed by atoms with Crippen molar-refractivity contribution >= 4 is 51.5 Å². The molecule has 1 fully saturated rings. The van der Waals surface area contributed by atoms with Gasteiger partial charge in [0.25, 0.3) is 0 Å². The summed E-state index contributed by atoms with van der Waals surface area (Å²) in [5, 5.41) is 12.4. The number of nitriles is 1. The van der Waals surface area contributed by atoms with E-state index in [1.165, 1.54) is 11.1 Å². The van der Waals surface area contributed by atoms with E-state index in [9.17, 15) is 18.5 Å².